The summed E-state index contributed by atoms with van der Waals surface area (Å²) in [5.41, 5.74) is 9.08. The third kappa shape index (κ3) is 2.88. The van der Waals surface area contributed by atoms with E-state index in [9.17, 15) is 0 Å². The molecule has 0 bridgehead atoms. The lowest BCUT2D eigenvalue weighted by Gasteiger charge is -2.08. The smallest absolute Gasteiger partial charge is 0.234 e. The van der Waals surface area contributed by atoms with Gasteiger partial charge in [0.05, 0.1) is 5.70 Å². The molecular formula is C24H23BN2. The number of hydrogen-bond donors (Lipinski definition) is 0. The molecule has 0 saturated carbocycles. The molecule has 27 heavy (non-hydrogen) atoms. The summed E-state index contributed by atoms with van der Waals surface area (Å²) in [7, 11) is 6.63. The molecule has 4 rings (SSSR count). The van der Waals surface area contributed by atoms with Gasteiger partial charge in [-0.1, -0.05) is 55.0 Å². The van der Waals surface area contributed by atoms with Gasteiger partial charge in [0.1, 0.15) is 0 Å². The van der Waals surface area contributed by atoms with Crippen molar-refractivity contribution in [1.29, 1.82) is 0 Å². The second-order valence-electron chi connectivity index (χ2n) is 7.20. The van der Waals surface area contributed by atoms with Crippen LogP contribution in [0.4, 0.5) is 0 Å². The second kappa shape index (κ2) is 6.73. The number of aromatic nitrogens is 1. The fourth-order valence-corrected chi connectivity index (χ4v) is 4.08. The average molecular weight is 350 g/mol. The van der Waals surface area contributed by atoms with Crippen LogP contribution >= 0.6 is 0 Å². The quantitative estimate of drug-likeness (QED) is 0.509. The Morgan fingerprint density at radius 2 is 1.74 bits per heavy atom. The van der Waals surface area contributed by atoms with Gasteiger partial charge >= 0.3 is 0 Å². The highest BCUT2D eigenvalue weighted by atomic mass is 14.9. The van der Waals surface area contributed by atoms with Crippen molar-refractivity contribution in [2.45, 2.75) is 34.1 Å². The van der Waals surface area contributed by atoms with Crippen LogP contribution in [0, 0.1) is 6.92 Å². The lowest BCUT2D eigenvalue weighted by molar-refractivity contribution is 1.15. The van der Waals surface area contributed by atoms with E-state index in [1.165, 1.54) is 16.7 Å². The number of aryl methyl sites for hydroxylation is 1. The van der Waals surface area contributed by atoms with Gasteiger partial charge in [-0.05, 0) is 56.0 Å². The molecule has 0 N–H and O–H groups in total. The zero-order chi connectivity index (χ0) is 19.1. The van der Waals surface area contributed by atoms with Crippen molar-refractivity contribution < 1.29 is 0 Å². The predicted octanol–water partition coefficient (Wildman–Crippen LogP) is 6.09. The van der Waals surface area contributed by atoms with Crippen LogP contribution in [0.25, 0.3) is 28.1 Å². The summed E-state index contributed by atoms with van der Waals surface area (Å²) in [6.07, 6.45) is 3.13. The molecule has 0 spiro atoms. The van der Waals surface area contributed by atoms with Crippen molar-refractivity contribution in [1.82, 2.24) is 4.48 Å². The van der Waals surface area contributed by atoms with Gasteiger partial charge in [0.2, 0.25) is 7.98 Å². The van der Waals surface area contributed by atoms with Crippen LogP contribution in [0.1, 0.15) is 38.4 Å². The van der Waals surface area contributed by atoms with E-state index in [0.29, 0.717) is 0 Å². The third-order valence-corrected chi connectivity index (χ3v) is 5.44. The molecule has 0 aliphatic carbocycles. The van der Waals surface area contributed by atoms with Crippen molar-refractivity contribution in [2.24, 2.45) is 4.99 Å². The summed E-state index contributed by atoms with van der Waals surface area (Å²) >= 11 is 0. The number of benzene rings is 2. The largest absolute Gasteiger partial charge is 0.396 e. The predicted molar refractivity (Wildman–Crippen MR) is 117 cm³/mol. The highest BCUT2D eigenvalue weighted by molar-refractivity contribution is 6.17. The van der Waals surface area contributed by atoms with Crippen molar-refractivity contribution in [3.63, 3.8) is 0 Å². The molecule has 0 fully saturated rings. The molecule has 2 radical (unpaired) electrons. The standard InChI is InChI=1S/C24H23BN2/c1-5-19-16(3)22(26-17(19)4)14-23-20-11-6-7-12-21(20)24(27(23)25)18-10-8-9-15(2)13-18/h6-14H,5H2,1-4H3/b22-14-. The number of fused-ring (bicyclic) bond motifs is 1. The van der Waals surface area contributed by atoms with Gasteiger partial charge in [0.15, 0.2) is 0 Å². The Balaban J connectivity index is 1.98. The summed E-state index contributed by atoms with van der Waals surface area (Å²) in [4.78, 5) is 4.80. The Bertz CT molecular complexity index is 1140. The Labute approximate surface area is 162 Å². The van der Waals surface area contributed by atoms with Crippen LogP contribution in [0.3, 0.4) is 0 Å². The van der Waals surface area contributed by atoms with Crippen molar-refractivity contribution in [3.8, 4) is 11.3 Å². The van der Waals surface area contributed by atoms with Gasteiger partial charge < -0.3 is 4.48 Å². The number of hydrogen-bond acceptors (Lipinski definition) is 1. The molecule has 0 unspecified atom stereocenters. The van der Waals surface area contributed by atoms with E-state index in [2.05, 4.69) is 82.3 Å². The molecule has 1 aliphatic rings. The minimum absolute atomic E-state index is 0.991. The molecule has 0 saturated heterocycles. The first kappa shape index (κ1) is 17.6. The van der Waals surface area contributed by atoms with E-state index in [1.807, 2.05) is 4.48 Å². The van der Waals surface area contributed by atoms with Crippen LogP contribution in [0.5, 0.6) is 0 Å². The molecule has 1 aliphatic heterocycles. The lowest BCUT2D eigenvalue weighted by Crippen LogP contribution is -1.98. The number of rotatable bonds is 3. The zero-order valence-electron chi connectivity index (χ0n) is 16.4. The monoisotopic (exact) mass is 350 g/mol. The number of aliphatic imine (C=N–C) groups is 1. The fourth-order valence-electron chi connectivity index (χ4n) is 4.08. The van der Waals surface area contributed by atoms with Gasteiger partial charge in [-0.3, -0.25) is 4.99 Å². The molecule has 1 aromatic heterocycles. The molecule has 2 heterocycles. The Kier molecular flexibility index (Phi) is 4.39. The fraction of sp³-hybridized carbons (Fsp3) is 0.208. The minimum Gasteiger partial charge on any atom is -0.396 e. The number of nitrogens with zero attached hydrogens (tertiary/aromatic N) is 2. The average Bonchev–Trinajstić information content (AvgIpc) is 3.08. The zero-order valence-corrected chi connectivity index (χ0v) is 16.4. The maximum Gasteiger partial charge on any atom is 0.234 e. The normalized spacial score (nSPS) is 15.9. The summed E-state index contributed by atoms with van der Waals surface area (Å²) in [6, 6.07) is 16.9. The van der Waals surface area contributed by atoms with Gasteiger partial charge in [-0.25, -0.2) is 0 Å². The SMILES string of the molecule is [B]n1c(/C=C2\N=C(C)C(CC)=C2C)c2ccccc2c1-c1cccc(C)c1. The highest BCUT2D eigenvalue weighted by Crippen LogP contribution is 2.36. The summed E-state index contributed by atoms with van der Waals surface area (Å²) in [6.45, 7) is 8.52. The minimum atomic E-state index is 0.991. The second-order valence-corrected chi connectivity index (χ2v) is 7.20. The number of allylic oxidation sites excluding steroid dienone is 2. The highest BCUT2D eigenvalue weighted by Gasteiger charge is 2.19. The van der Waals surface area contributed by atoms with E-state index in [4.69, 9.17) is 13.0 Å². The molecule has 0 amide bonds. The van der Waals surface area contributed by atoms with Gasteiger partial charge in [-0.2, -0.15) is 0 Å². The Morgan fingerprint density at radius 3 is 2.41 bits per heavy atom. The summed E-state index contributed by atoms with van der Waals surface area (Å²) < 4.78 is 1.81. The first-order valence-electron chi connectivity index (χ1n) is 9.44. The molecule has 0 atom stereocenters. The first-order valence-corrected chi connectivity index (χ1v) is 9.44. The lowest BCUT2D eigenvalue weighted by atomic mass is 10.0. The van der Waals surface area contributed by atoms with Crippen LogP contribution in [-0.4, -0.2) is 18.2 Å². The molecule has 3 aromatic rings. The van der Waals surface area contributed by atoms with Crippen LogP contribution in [0.2, 0.25) is 0 Å². The Hall–Kier alpha value is -2.81. The van der Waals surface area contributed by atoms with Gasteiger partial charge in [0.25, 0.3) is 0 Å². The first-order chi connectivity index (χ1) is 13.0. The molecule has 132 valence electrons. The van der Waals surface area contributed by atoms with E-state index < -0.39 is 0 Å². The van der Waals surface area contributed by atoms with E-state index in [1.54, 1.807) is 0 Å². The van der Waals surface area contributed by atoms with Crippen LogP contribution in [-0.2, 0) is 0 Å². The van der Waals surface area contributed by atoms with Crippen molar-refractivity contribution in [2.75, 3.05) is 0 Å². The molecular weight excluding hydrogens is 327 g/mol. The molecule has 2 aromatic carbocycles. The van der Waals surface area contributed by atoms with Gasteiger partial charge in [0, 0.05) is 27.9 Å². The molecule has 3 heteroatoms. The van der Waals surface area contributed by atoms with E-state index >= 15 is 0 Å². The summed E-state index contributed by atoms with van der Waals surface area (Å²) in [5.74, 6) is 0. The topological polar surface area (TPSA) is 17.3 Å². The van der Waals surface area contributed by atoms with E-state index in [-0.39, 0.29) is 0 Å². The van der Waals surface area contributed by atoms with Crippen molar-refractivity contribution in [3.05, 3.63) is 76.6 Å². The maximum atomic E-state index is 6.63. The maximum absolute atomic E-state index is 6.63. The summed E-state index contributed by atoms with van der Waals surface area (Å²) in [5, 5.41) is 2.31. The molecule has 2 nitrogen and oxygen atoms in total. The van der Waals surface area contributed by atoms with E-state index in [0.717, 1.165) is 45.6 Å². The van der Waals surface area contributed by atoms with Crippen molar-refractivity contribution >= 4 is 30.5 Å². The Morgan fingerprint density at radius 1 is 1.00 bits per heavy atom. The third-order valence-electron chi connectivity index (χ3n) is 5.44. The van der Waals surface area contributed by atoms with Gasteiger partial charge in [-0.15, -0.1) is 0 Å². The van der Waals surface area contributed by atoms with Crippen LogP contribution < -0.4 is 0 Å². The van der Waals surface area contributed by atoms with Crippen LogP contribution in [0.15, 0.2) is 70.4 Å².